The van der Waals surface area contributed by atoms with Gasteiger partial charge in [0.15, 0.2) is 5.60 Å². The number of aromatic nitrogens is 3. The molecule has 6 aromatic rings. The summed E-state index contributed by atoms with van der Waals surface area (Å²) >= 11 is 6.27. The van der Waals surface area contributed by atoms with E-state index < -0.39 is 17.7 Å². The van der Waals surface area contributed by atoms with Gasteiger partial charge in [0, 0.05) is 37.7 Å². The Morgan fingerprint density at radius 1 is 0.830 bits per heavy atom. The molecule has 0 aliphatic rings. The van der Waals surface area contributed by atoms with E-state index in [4.69, 9.17) is 26.2 Å². The molecule has 0 saturated heterocycles. The van der Waals surface area contributed by atoms with Gasteiger partial charge in [-0.1, -0.05) is 78.3 Å². The van der Waals surface area contributed by atoms with Crippen LogP contribution in [0.25, 0.3) is 33.2 Å². The van der Waals surface area contributed by atoms with E-state index in [1.807, 2.05) is 78.5 Å². The monoisotopic (exact) mass is 659 g/mol. The molecule has 0 bridgehead atoms. The van der Waals surface area contributed by atoms with Gasteiger partial charge in [0.25, 0.3) is 5.56 Å². The Hall–Kier alpha value is -5.19. The average molecular weight is 660 g/mol. The summed E-state index contributed by atoms with van der Waals surface area (Å²) in [6, 6.07) is 34.1. The van der Waals surface area contributed by atoms with E-state index in [0.717, 1.165) is 50.0 Å². The summed E-state index contributed by atoms with van der Waals surface area (Å²) in [4.78, 5) is 26.4. The Balaban J connectivity index is 0.000000559. The Morgan fingerprint density at radius 3 is 2.04 bits per heavy atom. The Kier molecular flexibility index (Phi) is 9.37. The number of benzene rings is 4. The lowest BCUT2D eigenvalue weighted by Crippen LogP contribution is -2.33. The number of ether oxygens (including phenoxy) is 1. The van der Waals surface area contributed by atoms with Gasteiger partial charge in [0.05, 0.1) is 23.7 Å². The number of methoxy groups -OCH3 is 1. The number of halogens is 4. The first kappa shape index (κ1) is 33.2. The zero-order valence-corrected chi connectivity index (χ0v) is 26.3. The van der Waals surface area contributed by atoms with Crippen LogP contribution in [0.1, 0.15) is 16.8 Å². The molecule has 0 radical (unpaired) electrons. The van der Waals surface area contributed by atoms with Gasteiger partial charge in [-0.2, -0.15) is 13.2 Å². The van der Waals surface area contributed by atoms with E-state index in [0.29, 0.717) is 5.02 Å². The Morgan fingerprint density at radius 2 is 1.45 bits per heavy atom. The largest absolute Gasteiger partial charge is 0.490 e. The molecule has 0 fully saturated rings. The van der Waals surface area contributed by atoms with E-state index in [1.54, 1.807) is 31.1 Å². The molecular formula is C36H29ClF3N3O4. The minimum absolute atomic E-state index is 0.0669. The molecule has 0 amide bonds. The van der Waals surface area contributed by atoms with Crippen LogP contribution in [0.4, 0.5) is 13.2 Å². The van der Waals surface area contributed by atoms with Gasteiger partial charge in [0.1, 0.15) is 0 Å². The zero-order chi connectivity index (χ0) is 33.9. The van der Waals surface area contributed by atoms with E-state index in [9.17, 15) is 18.0 Å². The maximum atomic E-state index is 13.1. The number of fused-ring (bicyclic) bond motifs is 1. The fourth-order valence-corrected chi connectivity index (χ4v) is 5.73. The summed E-state index contributed by atoms with van der Waals surface area (Å²) in [7, 11) is 5.46. The standard InChI is InChI=1S/C34H28ClN3O2.C2HF3O2/c1-37-22-36-21-32(37)34(40-3,26-12-15-28(35)16-13-26)27-14-17-31-30(19-27)29(20-33(39)38(31)2)25-11-7-10-24(18-25)23-8-5-4-6-9-23;3-2(4,5)1(6)7/h4-22H,1-3H3;(H,6,7). The number of aryl methyl sites for hydroxylation is 2. The topological polar surface area (TPSA) is 86.4 Å². The van der Waals surface area contributed by atoms with Gasteiger partial charge >= 0.3 is 12.1 Å². The predicted molar refractivity (Wildman–Crippen MR) is 175 cm³/mol. The highest BCUT2D eigenvalue weighted by atomic mass is 35.5. The molecule has 0 aliphatic carbocycles. The van der Waals surface area contributed by atoms with Crippen LogP contribution in [0.15, 0.2) is 120 Å². The number of carboxylic acids is 1. The maximum absolute atomic E-state index is 13.1. The van der Waals surface area contributed by atoms with Crippen molar-refractivity contribution in [2.75, 3.05) is 7.11 Å². The van der Waals surface area contributed by atoms with E-state index in [2.05, 4.69) is 41.4 Å². The molecule has 0 saturated carbocycles. The second-order valence-corrected chi connectivity index (χ2v) is 11.2. The molecule has 47 heavy (non-hydrogen) atoms. The molecule has 2 heterocycles. The lowest BCUT2D eigenvalue weighted by molar-refractivity contribution is -0.192. The summed E-state index contributed by atoms with van der Waals surface area (Å²) in [6.45, 7) is 0. The maximum Gasteiger partial charge on any atom is 0.490 e. The molecule has 4 aromatic carbocycles. The summed E-state index contributed by atoms with van der Waals surface area (Å²) in [6.07, 6.45) is -1.49. The lowest BCUT2D eigenvalue weighted by Gasteiger charge is -2.34. The minimum Gasteiger partial charge on any atom is -0.475 e. The van der Waals surface area contributed by atoms with Gasteiger partial charge in [-0.15, -0.1) is 0 Å². The molecular weight excluding hydrogens is 631 g/mol. The van der Waals surface area contributed by atoms with E-state index in [-0.39, 0.29) is 5.56 Å². The van der Waals surface area contributed by atoms with Crippen molar-refractivity contribution < 1.29 is 27.8 Å². The molecule has 1 unspecified atom stereocenters. The van der Waals surface area contributed by atoms with Crippen molar-refractivity contribution in [1.29, 1.82) is 0 Å². The van der Waals surface area contributed by atoms with Crippen molar-refractivity contribution in [2.45, 2.75) is 11.8 Å². The molecule has 2 aromatic heterocycles. The first-order chi connectivity index (χ1) is 22.4. The van der Waals surface area contributed by atoms with Crippen LogP contribution in [0.2, 0.25) is 5.02 Å². The number of rotatable bonds is 6. The van der Waals surface area contributed by atoms with Crippen LogP contribution in [-0.2, 0) is 29.2 Å². The predicted octanol–water partition coefficient (Wildman–Crippen LogP) is 7.83. The van der Waals surface area contributed by atoms with Crippen LogP contribution in [0.3, 0.4) is 0 Å². The van der Waals surface area contributed by atoms with Gasteiger partial charge in [-0.25, -0.2) is 9.78 Å². The number of carbonyl (C=O) groups is 1. The van der Waals surface area contributed by atoms with Crippen molar-refractivity contribution in [2.24, 2.45) is 14.1 Å². The molecule has 1 atom stereocenters. The van der Waals surface area contributed by atoms with E-state index >= 15 is 0 Å². The second kappa shape index (κ2) is 13.3. The van der Waals surface area contributed by atoms with E-state index in [1.165, 1.54) is 0 Å². The molecule has 11 heteroatoms. The second-order valence-electron chi connectivity index (χ2n) is 10.7. The number of pyridine rings is 1. The normalized spacial score (nSPS) is 12.7. The van der Waals surface area contributed by atoms with Gasteiger partial charge < -0.3 is 19.0 Å². The summed E-state index contributed by atoms with van der Waals surface area (Å²) in [5.74, 6) is -2.76. The molecule has 1 N–H and O–H groups in total. The van der Waals surface area contributed by atoms with Crippen LogP contribution in [0, 0.1) is 0 Å². The van der Waals surface area contributed by atoms with Crippen LogP contribution in [-0.4, -0.2) is 38.5 Å². The molecule has 7 nitrogen and oxygen atoms in total. The average Bonchev–Trinajstić information content (AvgIpc) is 3.50. The molecule has 0 spiro atoms. The molecule has 6 rings (SSSR count). The first-order valence-corrected chi connectivity index (χ1v) is 14.6. The number of imidazole rings is 1. The number of hydrogen-bond donors (Lipinski definition) is 1. The summed E-state index contributed by atoms with van der Waals surface area (Å²) in [5, 5.41) is 8.72. The number of carboxylic acid groups (broad SMARTS) is 1. The number of hydrogen-bond acceptors (Lipinski definition) is 4. The number of aliphatic carboxylic acids is 1. The number of alkyl halides is 3. The van der Waals surface area contributed by atoms with Crippen molar-refractivity contribution in [3.05, 3.63) is 148 Å². The zero-order valence-electron chi connectivity index (χ0n) is 25.5. The lowest BCUT2D eigenvalue weighted by atomic mass is 9.82. The van der Waals surface area contributed by atoms with Gasteiger partial charge in [-0.3, -0.25) is 4.79 Å². The highest BCUT2D eigenvalue weighted by Gasteiger charge is 2.40. The van der Waals surface area contributed by atoms with Crippen LogP contribution >= 0.6 is 11.6 Å². The quantitative estimate of drug-likeness (QED) is 0.197. The van der Waals surface area contributed by atoms with Crippen molar-refractivity contribution in [1.82, 2.24) is 14.1 Å². The van der Waals surface area contributed by atoms with Crippen molar-refractivity contribution in [3.63, 3.8) is 0 Å². The van der Waals surface area contributed by atoms with Gasteiger partial charge in [-0.05, 0) is 63.7 Å². The Bertz CT molecular complexity index is 2110. The molecule has 0 aliphatic heterocycles. The minimum atomic E-state index is -5.08. The Labute approximate surface area is 273 Å². The summed E-state index contributed by atoms with van der Waals surface area (Å²) in [5.41, 5.74) is 6.54. The SMILES string of the molecule is COC(c1ccc(Cl)cc1)(c1ccc2c(c1)c(-c1cccc(-c3ccccc3)c1)cc(=O)n2C)c1cncn1C.O=C(O)C(F)(F)F. The van der Waals surface area contributed by atoms with Gasteiger partial charge in [0.2, 0.25) is 0 Å². The summed E-state index contributed by atoms with van der Waals surface area (Å²) < 4.78 is 41.8. The smallest absolute Gasteiger partial charge is 0.475 e. The fraction of sp³-hybridized carbons (Fsp3) is 0.139. The highest BCUT2D eigenvalue weighted by molar-refractivity contribution is 6.30. The number of nitrogens with zero attached hydrogens (tertiary/aromatic N) is 3. The first-order valence-electron chi connectivity index (χ1n) is 14.2. The van der Waals surface area contributed by atoms with Crippen LogP contribution < -0.4 is 5.56 Å². The highest BCUT2D eigenvalue weighted by Crippen LogP contribution is 2.42. The molecule has 240 valence electrons. The third-order valence-electron chi connectivity index (χ3n) is 7.91. The third-order valence-corrected chi connectivity index (χ3v) is 8.16. The fourth-order valence-electron chi connectivity index (χ4n) is 5.60. The van der Waals surface area contributed by atoms with Crippen molar-refractivity contribution in [3.8, 4) is 22.3 Å². The van der Waals surface area contributed by atoms with Crippen LogP contribution in [0.5, 0.6) is 0 Å². The third kappa shape index (κ3) is 6.56. The van der Waals surface area contributed by atoms with Crippen molar-refractivity contribution >= 4 is 28.5 Å².